The molecule has 5 rings (SSSR count). The fraction of sp³-hybridized carbons (Fsp3) is 0.350. The van der Waals surface area contributed by atoms with Crippen molar-refractivity contribution in [2.75, 3.05) is 5.73 Å². The van der Waals surface area contributed by atoms with Crippen LogP contribution < -0.4 is 5.73 Å². The van der Waals surface area contributed by atoms with Crippen molar-refractivity contribution in [3.8, 4) is 0 Å². The number of fused-ring (bicyclic) bond motifs is 5. The number of allylic oxidation sites excluding steroid dienone is 2. The van der Waals surface area contributed by atoms with Gasteiger partial charge in [0, 0.05) is 16.7 Å². The molecule has 0 heterocycles. The number of carbonyl (C=O) groups is 1. The van der Waals surface area contributed by atoms with Crippen LogP contribution in [0.4, 0.5) is 5.69 Å². The maximum Gasteiger partial charge on any atom is 0.169 e. The molecule has 2 aromatic rings. The van der Waals surface area contributed by atoms with Crippen LogP contribution in [0.3, 0.4) is 0 Å². The minimum absolute atomic E-state index is 0.111. The lowest BCUT2D eigenvalue weighted by Crippen LogP contribution is -2.39. The van der Waals surface area contributed by atoms with E-state index in [4.69, 9.17) is 5.73 Å². The van der Waals surface area contributed by atoms with Crippen molar-refractivity contribution in [1.82, 2.24) is 0 Å². The Morgan fingerprint density at radius 2 is 2.00 bits per heavy atom. The zero-order chi connectivity index (χ0) is 14.9. The number of ketones is 1. The van der Waals surface area contributed by atoms with Crippen molar-refractivity contribution in [1.29, 1.82) is 0 Å². The van der Waals surface area contributed by atoms with Crippen molar-refractivity contribution in [3.63, 3.8) is 0 Å². The lowest BCUT2D eigenvalue weighted by atomic mass is 9.63. The predicted molar refractivity (Wildman–Crippen MR) is 88.8 cm³/mol. The molecule has 2 heteroatoms. The number of aryl methyl sites for hydroxylation is 1. The van der Waals surface area contributed by atoms with Crippen molar-refractivity contribution < 1.29 is 4.79 Å². The van der Waals surface area contributed by atoms with E-state index >= 15 is 0 Å². The van der Waals surface area contributed by atoms with Gasteiger partial charge in [0.1, 0.15) is 0 Å². The molecule has 3 unspecified atom stereocenters. The fourth-order valence-electron chi connectivity index (χ4n) is 5.02. The van der Waals surface area contributed by atoms with E-state index in [1.807, 2.05) is 12.1 Å². The van der Waals surface area contributed by atoms with Crippen LogP contribution in [0.25, 0.3) is 10.8 Å². The summed E-state index contributed by atoms with van der Waals surface area (Å²) in [5, 5.41) is 2.27. The van der Waals surface area contributed by atoms with E-state index in [0.29, 0.717) is 17.6 Å². The molecule has 1 spiro atoms. The third kappa shape index (κ3) is 1.48. The quantitative estimate of drug-likeness (QED) is 0.585. The SMILES string of the molecule is Nc1ccc2cc3c(cc2c1)C(=O)C1(CC3)CC2C=CC1C2. The highest BCUT2D eigenvalue weighted by atomic mass is 16.1. The van der Waals surface area contributed by atoms with Gasteiger partial charge in [-0.25, -0.2) is 0 Å². The van der Waals surface area contributed by atoms with Gasteiger partial charge < -0.3 is 5.73 Å². The van der Waals surface area contributed by atoms with Gasteiger partial charge in [0.15, 0.2) is 5.78 Å². The number of rotatable bonds is 0. The molecule has 1 saturated carbocycles. The zero-order valence-corrected chi connectivity index (χ0v) is 12.5. The van der Waals surface area contributed by atoms with Crippen LogP contribution in [0.5, 0.6) is 0 Å². The molecule has 0 saturated heterocycles. The maximum atomic E-state index is 13.3. The Bertz CT molecular complexity index is 850. The van der Waals surface area contributed by atoms with Crippen LogP contribution in [-0.2, 0) is 6.42 Å². The van der Waals surface area contributed by atoms with Crippen LogP contribution in [0.2, 0.25) is 0 Å². The molecule has 2 bridgehead atoms. The van der Waals surface area contributed by atoms with Crippen LogP contribution in [0.1, 0.15) is 35.2 Å². The van der Waals surface area contributed by atoms with Crippen LogP contribution in [0, 0.1) is 17.3 Å². The maximum absolute atomic E-state index is 13.3. The standard InChI is InChI=1S/C20H19NO/c21-17-4-2-13-8-14-5-6-20(11-12-1-3-16(20)7-12)19(22)18(14)10-15(13)9-17/h1-4,8-10,12,16H,5-7,11,21H2. The molecule has 2 aromatic carbocycles. The van der Waals surface area contributed by atoms with E-state index in [-0.39, 0.29) is 5.41 Å². The molecule has 3 aliphatic carbocycles. The first-order valence-electron chi connectivity index (χ1n) is 8.21. The first-order chi connectivity index (χ1) is 10.7. The molecule has 0 aromatic heterocycles. The number of hydrogen-bond donors (Lipinski definition) is 1. The largest absolute Gasteiger partial charge is 0.399 e. The number of anilines is 1. The Labute approximate surface area is 130 Å². The summed E-state index contributed by atoms with van der Waals surface area (Å²) in [6, 6.07) is 10.2. The fourth-order valence-corrected chi connectivity index (χ4v) is 5.02. The monoisotopic (exact) mass is 289 g/mol. The smallest absolute Gasteiger partial charge is 0.169 e. The molecule has 0 aliphatic heterocycles. The first kappa shape index (κ1) is 12.5. The number of nitrogen functional groups attached to an aromatic ring is 1. The number of hydrogen-bond acceptors (Lipinski definition) is 2. The minimum Gasteiger partial charge on any atom is -0.399 e. The van der Waals surface area contributed by atoms with Gasteiger partial charge in [0.05, 0.1) is 0 Å². The van der Waals surface area contributed by atoms with Gasteiger partial charge in [-0.05, 0) is 72.1 Å². The van der Waals surface area contributed by atoms with Crippen LogP contribution in [-0.4, -0.2) is 5.78 Å². The lowest BCUT2D eigenvalue weighted by molar-refractivity contribution is 0.0703. The molecule has 0 amide bonds. The second kappa shape index (κ2) is 4.01. The summed E-state index contributed by atoms with van der Waals surface area (Å²) in [5.41, 5.74) is 8.72. The summed E-state index contributed by atoms with van der Waals surface area (Å²) in [4.78, 5) is 13.3. The average molecular weight is 289 g/mol. The third-order valence-corrected chi connectivity index (χ3v) is 6.13. The number of Topliss-reactive ketones (excluding diaryl/α,β-unsaturated/α-hetero) is 1. The van der Waals surface area contributed by atoms with Crippen molar-refractivity contribution >= 4 is 22.2 Å². The molecule has 2 N–H and O–H groups in total. The van der Waals surface area contributed by atoms with E-state index in [1.165, 1.54) is 17.4 Å². The van der Waals surface area contributed by atoms with Gasteiger partial charge >= 0.3 is 0 Å². The van der Waals surface area contributed by atoms with E-state index in [9.17, 15) is 4.79 Å². The van der Waals surface area contributed by atoms with Gasteiger partial charge in [0.2, 0.25) is 0 Å². The van der Waals surface area contributed by atoms with Gasteiger partial charge in [-0.2, -0.15) is 0 Å². The highest BCUT2D eigenvalue weighted by Gasteiger charge is 2.54. The normalized spacial score (nSPS) is 32.1. The highest BCUT2D eigenvalue weighted by Crippen LogP contribution is 2.57. The highest BCUT2D eigenvalue weighted by molar-refractivity contribution is 6.06. The topological polar surface area (TPSA) is 43.1 Å². The number of carbonyl (C=O) groups excluding carboxylic acids is 1. The van der Waals surface area contributed by atoms with Crippen molar-refractivity contribution in [3.05, 3.63) is 53.6 Å². The summed E-state index contributed by atoms with van der Waals surface area (Å²) >= 11 is 0. The first-order valence-corrected chi connectivity index (χ1v) is 8.21. The van der Waals surface area contributed by atoms with Crippen molar-refractivity contribution in [2.24, 2.45) is 17.3 Å². The summed E-state index contributed by atoms with van der Waals surface area (Å²) in [6.45, 7) is 0. The van der Waals surface area contributed by atoms with Crippen LogP contribution in [0.15, 0.2) is 42.5 Å². The molecule has 3 aliphatic rings. The third-order valence-electron chi connectivity index (χ3n) is 6.13. The molecule has 22 heavy (non-hydrogen) atoms. The van der Waals surface area contributed by atoms with Crippen LogP contribution >= 0.6 is 0 Å². The summed E-state index contributed by atoms with van der Waals surface area (Å²) in [7, 11) is 0. The van der Waals surface area contributed by atoms with E-state index in [0.717, 1.165) is 35.9 Å². The molecule has 3 atom stereocenters. The summed E-state index contributed by atoms with van der Waals surface area (Å²) in [5.74, 6) is 1.48. The Balaban J connectivity index is 1.68. The van der Waals surface area contributed by atoms with Gasteiger partial charge in [-0.3, -0.25) is 4.79 Å². The Hall–Kier alpha value is -2.09. The molecular weight excluding hydrogens is 270 g/mol. The molecular formula is C20H19NO. The lowest BCUT2D eigenvalue weighted by Gasteiger charge is -2.38. The average Bonchev–Trinajstić information content (AvgIpc) is 3.11. The molecule has 110 valence electrons. The van der Waals surface area contributed by atoms with Gasteiger partial charge in [-0.1, -0.05) is 24.3 Å². The van der Waals surface area contributed by atoms with E-state index in [1.54, 1.807) is 0 Å². The second-order valence-corrected chi connectivity index (χ2v) is 7.29. The second-order valence-electron chi connectivity index (χ2n) is 7.29. The van der Waals surface area contributed by atoms with Crippen molar-refractivity contribution in [2.45, 2.75) is 25.7 Å². The van der Waals surface area contributed by atoms with Gasteiger partial charge in [0.25, 0.3) is 0 Å². The summed E-state index contributed by atoms with van der Waals surface area (Å²) < 4.78 is 0. The van der Waals surface area contributed by atoms with E-state index < -0.39 is 0 Å². The molecule has 1 fully saturated rings. The van der Waals surface area contributed by atoms with Gasteiger partial charge in [-0.15, -0.1) is 0 Å². The summed E-state index contributed by atoms with van der Waals surface area (Å²) in [6.07, 6.45) is 8.90. The minimum atomic E-state index is -0.111. The number of nitrogens with two attached hydrogens (primary N) is 1. The molecule has 2 nitrogen and oxygen atoms in total. The van der Waals surface area contributed by atoms with E-state index in [2.05, 4.69) is 30.4 Å². The Kier molecular flexibility index (Phi) is 2.27. The zero-order valence-electron chi connectivity index (χ0n) is 12.5. The Morgan fingerprint density at radius 3 is 2.77 bits per heavy atom. The number of benzene rings is 2. The predicted octanol–water partition coefficient (Wildman–Crippen LogP) is 4.13. The Morgan fingerprint density at radius 1 is 1.09 bits per heavy atom. The molecule has 0 radical (unpaired) electrons.